The van der Waals surface area contributed by atoms with Crippen LogP contribution in [-0.2, 0) is 11.2 Å². The number of nitrogens with one attached hydrogen (secondary N) is 2. The summed E-state index contributed by atoms with van der Waals surface area (Å²) in [5.74, 6) is 0.157. The van der Waals surface area contributed by atoms with Gasteiger partial charge < -0.3 is 10.6 Å². The van der Waals surface area contributed by atoms with Crippen molar-refractivity contribution in [3.8, 4) is 0 Å². The lowest BCUT2D eigenvalue weighted by molar-refractivity contribution is -0.129. The molecule has 0 aromatic heterocycles. The zero-order chi connectivity index (χ0) is 13.9. The SMILES string of the molecule is CCc1ccc(C(C)NC(=O)C2(C)CCNC2)cc1.Cl. The monoisotopic (exact) mass is 296 g/mol. The van der Waals surface area contributed by atoms with E-state index < -0.39 is 0 Å². The summed E-state index contributed by atoms with van der Waals surface area (Å²) < 4.78 is 0. The van der Waals surface area contributed by atoms with E-state index in [-0.39, 0.29) is 29.8 Å². The molecule has 0 spiro atoms. The summed E-state index contributed by atoms with van der Waals surface area (Å²) in [4.78, 5) is 12.3. The molecule has 3 nitrogen and oxygen atoms in total. The van der Waals surface area contributed by atoms with E-state index in [1.807, 2.05) is 13.8 Å². The second-order valence-electron chi connectivity index (χ2n) is 5.78. The molecule has 1 aliphatic heterocycles. The Morgan fingerprint density at radius 1 is 1.40 bits per heavy atom. The molecule has 0 radical (unpaired) electrons. The molecule has 1 aromatic carbocycles. The number of hydrogen-bond acceptors (Lipinski definition) is 2. The highest BCUT2D eigenvalue weighted by Crippen LogP contribution is 2.26. The molecular weight excluding hydrogens is 272 g/mol. The van der Waals surface area contributed by atoms with Crippen LogP contribution in [0.3, 0.4) is 0 Å². The quantitative estimate of drug-likeness (QED) is 0.897. The van der Waals surface area contributed by atoms with Crippen LogP contribution in [0.1, 0.15) is 44.4 Å². The number of halogens is 1. The van der Waals surface area contributed by atoms with Gasteiger partial charge in [-0.05, 0) is 44.4 Å². The van der Waals surface area contributed by atoms with Gasteiger partial charge in [0.15, 0.2) is 0 Å². The van der Waals surface area contributed by atoms with E-state index in [2.05, 4.69) is 41.8 Å². The largest absolute Gasteiger partial charge is 0.349 e. The van der Waals surface area contributed by atoms with Crippen LogP contribution in [0.15, 0.2) is 24.3 Å². The van der Waals surface area contributed by atoms with Gasteiger partial charge in [-0.1, -0.05) is 31.2 Å². The summed E-state index contributed by atoms with van der Waals surface area (Å²) in [5.41, 5.74) is 2.24. The van der Waals surface area contributed by atoms with Gasteiger partial charge >= 0.3 is 0 Å². The molecular formula is C16H25ClN2O. The number of aryl methyl sites for hydroxylation is 1. The fourth-order valence-electron chi connectivity index (χ4n) is 2.51. The standard InChI is InChI=1S/C16H24N2O.ClH/c1-4-13-5-7-14(8-6-13)12(2)18-15(19)16(3)9-10-17-11-16;/h5-8,12,17H,4,9-11H2,1-3H3,(H,18,19);1H. The molecule has 1 amide bonds. The van der Waals surface area contributed by atoms with Gasteiger partial charge in [-0.3, -0.25) is 4.79 Å². The Balaban J connectivity index is 0.00000200. The number of amides is 1. The van der Waals surface area contributed by atoms with Crippen molar-refractivity contribution in [2.45, 2.75) is 39.7 Å². The van der Waals surface area contributed by atoms with Gasteiger partial charge in [0.05, 0.1) is 11.5 Å². The van der Waals surface area contributed by atoms with Crippen LogP contribution < -0.4 is 10.6 Å². The molecule has 0 bridgehead atoms. The van der Waals surface area contributed by atoms with Crippen molar-refractivity contribution >= 4 is 18.3 Å². The third-order valence-corrected chi connectivity index (χ3v) is 4.15. The summed E-state index contributed by atoms with van der Waals surface area (Å²) >= 11 is 0. The van der Waals surface area contributed by atoms with Crippen LogP contribution >= 0.6 is 12.4 Å². The van der Waals surface area contributed by atoms with Crippen molar-refractivity contribution in [2.75, 3.05) is 13.1 Å². The second-order valence-corrected chi connectivity index (χ2v) is 5.78. The second kappa shape index (κ2) is 7.09. The normalized spacial score (nSPS) is 22.9. The number of carbonyl (C=O) groups is 1. The highest BCUT2D eigenvalue weighted by Gasteiger charge is 2.36. The lowest BCUT2D eigenvalue weighted by Crippen LogP contribution is -2.41. The Labute approximate surface area is 127 Å². The maximum atomic E-state index is 12.3. The molecule has 4 heteroatoms. The Morgan fingerprint density at radius 2 is 2.05 bits per heavy atom. The van der Waals surface area contributed by atoms with Gasteiger partial charge in [0, 0.05) is 6.54 Å². The summed E-state index contributed by atoms with van der Waals surface area (Å²) in [7, 11) is 0. The van der Waals surface area contributed by atoms with Crippen LogP contribution in [0, 0.1) is 5.41 Å². The van der Waals surface area contributed by atoms with Crippen molar-refractivity contribution < 1.29 is 4.79 Å². The third kappa shape index (κ3) is 3.74. The van der Waals surface area contributed by atoms with E-state index in [1.165, 1.54) is 11.1 Å². The van der Waals surface area contributed by atoms with Crippen molar-refractivity contribution in [2.24, 2.45) is 5.41 Å². The first kappa shape index (κ1) is 17.0. The first-order valence-electron chi connectivity index (χ1n) is 7.16. The molecule has 1 saturated heterocycles. The van der Waals surface area contributed by atoms with E-state index in [0.717, 1.165) is 25.9 Å². The Morgan fingerprint density at radius 3 is 2.55 bits per heavy atom. The maximum absolute atomic E-state index is 12.3. The molecule has 1 heterocycles. The fourth-order valence-corrected chi connectivity index (χ4v) is 2.51. The molecule has 0 aliphatic carbocycles. The molecule has 1 aliphatic rings. The minimum Gasteiger partial charge on any atom is -0.349 e. The Kier molecular flexibility index (Phi) is 6.03. The predicted molar refractivity (Wildman–Crippen MR) is 85.2 cm³/mol. The van der Waals surface area contributed by atoms with Gasteiger partial charge in [-0.25, -0.2) is 0 Å². The van der Waals surface area contributed by atoms with Crippen molar-refractivity contribution in [1.82, 2.24) is 10.6 Å². The molecule has 2 unspecified atom stereocenters. The molecule has 2 N–H and O–H groups in total. The highest BCUT2D eigenvalue weighted by atomic mass is 35.5. The van der Waals surface area contributed by atoms with Gasteiger partial charge in [0.25, 0.3) is 0 Å². The van der Waals surface area contributed by atoms with Crippen LogP contribution in [0.5, 0.6) is 0 Å². The smallest absolute Gasteiger partial charge is 0.227 e. The van der Waals surface area contributed by atoms with Crippen LogP contribution in [0.25, 0.3) is 0 Å². The van der Waals surface area contributed by atoms with Crippen LogP contribution in [0.4, 0.5) is 0 Å². The third-order valence-electron chi connectivity index (χ3n) is 4.15. The topological polar surface area (TPSA) is 41.1 Å². The van der Waals surface area contributed by atoms with E-state index >= 15 is 0 Å². The molecule has 1 fully saturated rings. The van der Waals surface area contributed by atoms with Gasteiger partial charge in [-0.2, -0.15) is 0 Å². The lowest BCUT2D eigenvalue weighted by atomic mass is 9.88. The van der Waals surface area contributed by atoms with Crippen molar-refractivity contribution in [3.05, 3.63) is 35.4 Å². The minimum atomic E-state index is -0.252. The zero-order valence-corrected chi connectivity index (χ0v) is 13.3. The number of hydrogen-bond donors (Lipinski definition) is 2. The number of carbonyl (C=O) groups excluding carboxylic acids is 1. The van der Waals surface area contributed by atoms with E-state index in [1.54, 1.807) is 0 Å². The molecule has 20 heavy (non-hydrogen) atoms. The van der Waals surface area contributed by atoms with Crippen LogP contribution in [0.2, 0.25) is 0 Å². The van der Waals surface area contributed by atoms with E-state index in [0.29, 0.717) is 0 Å². The zero-order valence-electron chi connectivity index (χ0n) is 12.5. The molecule has 1 aromatic rings. The summed E-state index contributed by atoms with van der Waals surface area (Å²) in [6.45, 7) is 7.94. The van der Waals surface area contributed by atoms with Gasteiger partial charge in [0.1, 0.15) is 0 Å². The first-order valence-corrected chi connectivity index (χ1v) is 7.16. The Bertz CT molecular complexity index is 438. The average Bonchev–Trinajstić information content (AvgIpc) is 2.87. The summed E-state index contributed by atoms with van der Waals surface area (Å²) in [6, 6.07) is 8.56. The van der Waals surface area contributed by atoms with Crippen molar-refractivity contribution in [1.29, 1.82) is 0 Å². The minimum absolute atomic E-state index is 0. The summed E-state index contributed by atoms with van der Waals surface area (Å²) in [5, 5.41) is 6.40. The number of rotatable bonds is 4. The predicted octanol–water partition coefficient (Wildman–Crippen LogP) is 2.85. The summed E-state index contributed by atoms with van der Waals surface area (Å²) in [6.07, 6.45) is 1.96. The van der Waals surface area contributed by atoms with Gasteiger partial charge in [0.2, 0.25) is 5.91 Å². The molecule has 0 saturated carbocycles. The Hall–Kier alpha value is -1.06. The molecule has 2 atom stereocenters. The lowest BCUT2D eigenvalue weighted by Gasteiger charge is -2.24. The van der Waals surface area contributed by atoms with Crippen molar-refractivity contribution in [3.63, 3.8) is 0 Å². The maximum Gasteiger partial charge on any atom is 0.227 e. The van der Waals surface area contributed by atoms with Crippen LogP contribution in [-0.4, -0.2) is 19.0 Å². The fraction of sp³-hybridized carbons (Fsp3) is 0.562. The first-order chi connectivity index (χ1) is 9.05. The van der Waals surface area contributed by atoms with E-state index in [9.17, 15) is 4.79 Å². The number of benzene rings is 1. The average molecular weight is 297 g/mol. The van der Waals surface area contributed by atoms with Gasteiger partial charge in [-0.15, -0.1) is 12.4 Å². The highest BCUT2D eigenvalue weighted by molar-refractivity contribution is 5.85. The van der Waals surface area contributed by atoms with E-state index in [4.69, 9.17) is 0 Å². The molecule has 2 rings (SSSR count). The molecule has 112 valence electrons.